The molecule has 0 aliphatic rings. The number of rotatable bonds is 7. The van der Waals surface area contributed by atoms with Gasteiger partial charge in [0.05, 0.1) is 0 Å². The fourth-order valence-electron chi connectivity index (χ4n) is 3.86. The van der Waals surface area contributed by atoms with E-state index in [0.717, 1.165) is 28.2 Å². The lowest BCUT2D eigenvalue weighted by Crippen LogP contribution is -2.11. The fourth-order valence-corrected chi connectivity index (χ4v) is 3.86. The van der Waals surface area contributed by atoms with Crippen LogP contribution in [0.25, 0.3) is 11.1 Å². The maximum atomic E-state index is 12.7. The zero-order valence-corrected chi connectivity index (χ0v) is 20.6. The average Bonchev–Trinajstić information content (AvgIpc) is 2.90. The van der Waals surface area contributed by atoms with Gasteiger partial charge in [-0.3, -0.25) is 4.79 Å². The van der Waals surface area contributed by atoms with Crippen molar-refractivity contribution in [3.8, 4) is 11.1 Å². The van der Waals surface area contributed by atoms with Crippen molar-refractivity contribution in [1.29, 1.82) is 0 Å². The summed E-state index contributed by atoms with van der Waals surface area (Å²) in [6.07, 6.45) is 1.75. The monoisotopic (exact) mass is 486 g/mol. The van der Waals surface area contributed by atoms with E-state index in [9.17, 15) is 4.79 Å². The average molecular weight is 487 g/mol. The van der Waals surface area contributed by atoms with E-state index in [2.05, 4.69) is 30.9 Å². The number of carbonyl (C=O) groups excluding carboxylic acids is 1. The highest BCUT2D eigenvalue weighted by Gasteiger charge is 2.08. The SMILES string of the molecule is Cc1ccnc(Nc2cc(Nc3ccc(NC(=O)c4ccc(-c5ccccc5)cc4)cc3)nc(C)n2)c1. The number of hydrogen-bond acceptors (Lipinski definition) is 6. The summed E-state index contributed by atoms with van der Waals surface area (Å²) in [7, 11) is 0. The van der Waals surface area contributed by atoms with Gasteiger partial charge in [0.25, 0.3) is 5.91 Å². The molecule has 1 amide bonds. The molecule has 7 nitrogen and oxygen atoms in total. The van der Waals surface area contributed by atoms with Gasteiger partial charge in [-0.25, -0.2) is 15.0 Å². The highest BCUT2D eigenvalue weighted by Crippen LogP contribution is 2.23. The van der Waals surface area contributed by atoms with Crippen molar-refractivity contribution in [2.45, 2.75) is 13.8 Å². The molecule has 0 aliphatic heterocycles. The summed E-state index contributed by atoms with van der Waals surface area (Å²) >= 11 is 0. The number of amides is 1. The second kappa shape index (κ2) is 10.7. The largest absolute Gasteiger partial charge is 0.340 e. The Hall–Kier alpha value is -5.04. The van der Waals surface area contributed by atoms with E-state index in [1.54, 1.807) is 6.20 Å². The molecule has 2 aromatic heterocycles. The van der Waals surface area contributed by atoms with Crippen LogP contribution in [-0.4, -0.2) is 20.9 Å². The number of aryl methyl sites for hydroxylation is 2. The Bertz CT molecular complexity index is 1520. The molecule has 0 radical (unpaired) electrons. The molecule has 0 saturated heterocycles. The van der Waals surface area contributed by atoms with Crippen LogP contribution in [0.3, 0.4) is 0 Å². The normalized spacial score (nSPS) is 10.5. The Morgan fingerprint density at radius 1 is 0.649 bits per heavy atom. The third-order valence-corrected chi connectivity index (χ3v) is 5.68. The summed E-state index contributed by atoms with van der Waals surface area (Å²) in [5.41, 5.74) is 5.43. The number of aromatic nitrogens is 3. The molecule has 0 unspecified atom stereocenters. The second-order valence-corrected chi connectivity index (χ2v) is 8.63. The van der Waals surface area contributed by atoms with Crippen LogP contribution in [0.2, 0.25) is 0 Å². The number of anilines is 5. The van der Waals surface area contributed by atoms with Gasteiger partial charge in [-0.2, -0.15) is 0 Å². The molecule has 0 atom stereocenters. The zero-order chi connectivity index (χ0) is 25.6. The van der Waals surface area contributed by atoms with Crippen LogP contribution in [0.4, 0.5) is 28.8 Å². The first-order valence-electron chi connectivity index (χ1n) is 11.9. The van der Waals surface area contributed by atoms with Crippen LogP contribution in [0, 0.1) is 13.8 Å². The third-order valence-electron chi connectivity index (χ3n) is 5.68. The summed E-state index contributed by atoms with van der Waals surface area (Å²) in [6, 6.07) is 30.9. The number of hydrogen-bond donors (Lipinski definition) is 3. The van der Waals surface area contributed by atoms with E-state index in [-0.39, 0.29) is 5.91 Å². The van der Waals surface area contributed by atoms with Gasteiger partial charge in [-0.05, 0) is 79.1 Å². The van der Waals surface area contributed by atoms with Crippen molar-refractivity contribution in [2.24, 2.45) is 0 Å². The van der Waals surface area contributed by atoms with Crippen molar-refractivity contribution in [2.75, 3.05) is 16.0 Å². The number of nitrogens with one attached hydrogen (secondary N) is 3. The quantitative estimate of drug-likeness (QED) is 0.232. The minimum absolute atomic E-state index is 0.160. The summed E-state index contributed by atoms with van der Waals surface area (Å²) in [5, 5.41) is 9.46. The molecule has 5 aromatic rings. The topological polar surface area (TPSA) is 91.8 Å². The van der Waals surface area contributed by atoms with Gasteiger partial charge in [-0.1, -0.05) is 42.5 Å². The summed E-state index contributed by atoms with van der Waals surface area (Å²) < 4.78 is 0. The van der Waals surface area contributed by atoms with Crippen molar-refractivity contribution < 1.29 is 4.79 Å². The molecular formula is C30H26N6O. The highest BCUT2D eigenvalue weighted by atomic mass is 16.1. The number of benzene rings is 3. The van der Waals surface area contributed by atoms with Gasteiger partial charge in [0.1, 0.15) is 23.3 Å². The van der Waals surface area contributed by atoms with Crippen molar-refractivity contribution in [1.82, 2.24) is 15.0 Å². The zero-order valence-electron chi connectivity index (χ0n) is 20.6. The van der Waals surface area contributed by atoms with Crippen LogP contribution < -0.4 is 16.0 Å². The maximum absolute atomic E-state index is 12.7. The molecule has 0 spiro atoms. The Kier molecular flexibility index (Phi) is 6.85. The molecule has 0 saturated carbocycles. The number of carbonyl (C=O) groups is 1. The second-order valence-electron chi connectivity index (χ2n) is 8.63. The van der Waals surface area contributed by atoms with Crippen molar-refractivity contribution >= 4 is 34.7 Å². The molecule has 5 rings (SSSR count). The molecule has 0 fully saturated rings. The van der Waals surface area contributed by atoms with Crippen molar-refractivity contribution in [3.63, 3.8) is 0 Å². The van der Waals surface area contributed by atoms with Crippen LogP contribution >= 0.6 is 0 Å². The van der Waals surface area contributed by atoms with Crippen LogP contribution in [0.15, 0.2) is 103 Å². The van der Waals surface area contributed by atoms with E-state index >= 15 is 0 Å². The lowest BCUT2D eigenvalue weighted by molar-refractivity contribution is 0.102. The Morgan fingerprint density at radius 3 is 2.00 bits per heavy atom. The smallest absolute Gasteiger partial charge is 0.255 e. The number of nitrogens with zero attached hydrogens (tertiary/aromatic N) is 3. The summed E-state index contributed by atoms with van der Waals surface area (Å²) in [5.74, 6) is 2.49. The van der Waals surface area contributed by atoms with E-state index in [1.165, 1.54) is 0 Å². The maximum Gasteiger partial charge on any atom is 0.255 e. The first kappa shape index (κ1) is 23.7. The summed E-state index contributed by atoms with van der Waals surface area (Å²) in [6.45, 7) is 3.85. The predicted molar refractivity (Wildman–Crippen MR) is 149 cm³/mol. The van der Waals surface area contributed by atoms with E-state index in [4.69, 9.17) is 0 Å². The number of pyridine rings is 1. The van der Waals surface area contributed by atoms with Gasteiger partial charge in [0.2, 0.25) is 0 Å². The van der Waals surface area contributed by atoms with Crippen LogP contribution in [0.1, 0.15) is 21.7 Å². The minimum atomic E-state index is -0.160. The minimum Gasteiger partial charge on any atom is -0.340 e. The van der Waals surface area contributed by atoms with E-state index in [0.29, 0.717) is 28.7 Å². The van der Waals surface area contributed by atoms with Crippen molar-refractivity contribution in [3.05, 3.63) is 120 Å². The van der Waals surface area contributed by atoms with Gasteiger partial charge >= 0.3 is 0 Å². The first-order chi connectivity index (χ1) is 18.0. The van der Waals surface area contributed by atoms with Crippen LogP contribution in [-0.2, 0) is 0 Å². The Labute approximate surface area is 215 Å². The van der Waals surface area contributed by atoms with E-state index < -0.39 is 0 Å². The lowest BCUT2D eigenvalue weighted by Gasteiger charge is -2.11. The Balaban J connectivity index is 1.22. The molecule has 2 heterocycles. The molecular weight excluding hydrogens is 460 g/mol. The van der Waals surface area contributed by atoms with Gasteiger partial charge in [0, 0.05) is 29.2 Å². The van der Waals surface area contributed by atoms with Gasteiger partial charge in [-0.15, -0.1) is 0 Å². The van der Waals surface area contributed by atoms with E-state index in [1.807, 2.05) is 111 Å². The molecule has 3 aromatic carbocycles. The summed E-state index contributed by atoms with van der Waals surface area (Å²) in [4.78, 5) is 26.0. The molecule has 37 heavy (non-hydrogen) atoms. The highest BCUT2D eigenvalue weighted by molar-refractivity contribution is 6.04. The standard InChI is InChI=1S/C30H26N6O/c1-20-16-17-31-27(18-20)36-29-19-28(32-21(2)33-29)34-25-12-14-26(15-13-25)35-30(37)24-10-8-23(9-11-24)22-6-4-3-5-7-22/h3-19H,1-2H3,(H,35,37)(H2,31,32,33,34,36). The molecule has 0 bridgehead atoms. The molecule has 182 valence electrons. The Morgan fingerprint density at radius 2 is 1.30 bits per heavy atom. The predicted octanol–water partition coefficient (Wildman–Crippen LogP) is 6.89. The third kappa shape index (κ3) is 6.15. The lowest BCUT2D eigenvalue weighted by atomic mass is 10.0. The van der Waals surface area contributed by atoms with Crippen LogP contribution in [0.5, 0.6) is 0 Å². The van der Waals surface area contributed by atoms with Gasteiger partial charge in [0.15, 0.2) is 0 Å². The fraction of sp³-hybridized carbons (Fsp3) is 0.0667. The molecule has 0 aliphatic carbocycles. The molecule has 3 N–H and O–H groups in total. The van der Waals surface area contributed by atoms with Gasteiger partial charge < -0.3 is 16.0 Å². The first-order valence-corrected chi connectivity index (χ1v) is 11.9. The molecule has 7 heteroatoms.